The number of carbonyl (C=O) groups is 1. The van der Waals surface area contributed by atoms with Gasteiger partial charge in [0.25, 0.3) is 0 Å². The summed E-state index contributed by atoms with van der Waals surface area (Å²) in [6.45, 7) is 8.44. The van der Waals surface area contributed by atoms with E-state index in [1.165, 1.54) is 32.4 Å². The van der Waals surface area contributed by atoms with Crippen LogP contribution in [0.3, 0.4) is 0 Å². The fraction of sp³-hybridized carbons (Fsp3) is 0.433. The van der Waals surface area contributed by atoms with Crippen LogP contribution in [0.2, 0.25) is 10.0 Å². The lowest BCUT2D eigenvalue weighted by Crippen LogP contribution is -2.66. The van der Waals surface area contributed by atoms with Crippen LogP contribution in [0.25, 0.3) is 22.0 Å². The molecule has 0 bridgehead atoms. The van der Waals surface area contributed by atoms with Crippen molar-refractivity contribution in [1.29, 1.82) is 0 Å². The predicted octanol–water partition coefficient (Wildman–Crippen LogP) is 5.17. The van der Waals surface area contributed by atoms with Crippen molar-refractivity contribution in [1.82, 2.24) is 9.97 Å². The van der Waals surface area contributed by atoms with Gasteiger partial charge in [-0.2, -0.15) is 0 Å². The fourth-order valence-electron chi connectivity index (χ4n) is 4.80. The van der Waals surface area contributed by atoms with Crippen molar-refractivity contribution < 1.29 is 23.7 Å². The molecular formula is C30H39Cl2N5O5. The maximum atomic E-state index is 9.06. The highest BCUT2D eigenvalue weighted by atomic mass is 35.5. The van der Waals surface area contributed by atoms with Crippen molar-refractivity contribution in [3.63, 3.8) is 0 Å². The van der Waals surface area contributed by atoms with E-state index in [0.717, 1.165) is 56.1 Å². The van der Waals surface area contributed by atoms with Crippen LogP contribution >= 0.6 is 23.2 Å². The first-order valence-corrected chi connectivity index (χ1v) is 14.3. The molecule has 0 atom stereocenters. The normalized spacial score (nSPS) is 16.2. The molecule has 4 N–H and O–H groups in total. The molecule has 3 aliphatic rings. The van der Waals surface area contributed by atoms with Crippen molar-refractivity contribution in [3.05, 3.63) is 47.1 Å². The van der Waals surface area contributed by atoms with Gasteiger partial charge < -0.3 is 35.3 Å². The molecule has 12 heteroatoms. The number of benzene rings is 1. The zero-order valence-electron chi connectivity index (χ0n) is 24.3. The zero-order chi connectivity index (χ0) is 30.7. The number of carbonyl (C=O) groups excluding carboxylic acids is 1. The van der Waals surface area contributed by atoms with E-state index in [9.17, 15) is 0 Å². The minimum absolute atomic E-state index is 0.233. The quantitative estimate of drug-likeness (QED) is 0.291. The lowest BCUT2D eigenvalue weighted by Gasteiger charge is -2.55. The summed E-state index contributed by atoms with van der Waals surface area (Å²) < 4.78 is 21.3. The molecule has 42 heavy (non-hydrogen) atoms. The Balaban J connectivity index is 0.000000341. The van der Waals surface area contributed by atoms with Crippen LogP contribution in [-0.4, -0.2) is 77.0 Å². The van der Waals surface area contributed by atoms with Gasteiger partial charge in [-0.25, -0.2) is 9.97 Å². The van der Waals surface area contributed by atoms with Crippen molar-refractivity contribution in [3.8, 4) is 22.8 Å². The monoisotopic (exact) mass is 619 g/mol. The molecule has 3 fully saturated rings. The lowest BCUT2D eigenvalue weighted by atomic mass is 9.78. The molecule has 0 saturated carbocycles. The van der Waals surface area contributed by atoms with E-state index >= 15 is 0 Å². The topological polar surface area (TPSA) is 135 Å². The first-order chi connectivity index (χ1) is 20.4. The van der Waals surface area contributed by atoms with Crippen LogP contribution in [-0.2, 0) is 14.3 Å². The second-order valence-electron chi connectivity index (χ2n) is 9.84. The third-order valence-corrected chi connectivity index (χ3v) is 7.64. The Morgan fingerprint density at radius 1 is 1.00 bits per heavy atom. The fourth-order valence-corrected chi connectivity index (χ4v) is 5.49. The van der Waals surface area contributed by atoms with Crippen molar-refractivity contribution in [2.45, 2.75) is 19.3 Å². The molecule has 0 aliphatic carbocycles. The van der Waals surface area contributed by atoms with Crippen LogP contribution in [0.15, 0.2) is 37.1 Å². The van der Waals surface area contributed by atoms with Gasteiger partial charge in [0, 0.05) is 54.9 Å². The molecule has 5 heterocycles. The predicted molar refractivity (Wildman–Crippen MR) is 169 cm³/mol. The molecule has 0 radical (unpaired) electrons. The Kier molecular flexibility index (Phi) is 12.6. The Morgan fingerprint density at radius 2 is 1.60 bits per heavy atom. The van der Waals surface area contributed by atoms with E-state index in [-0.39, 0.29) is 5.41 Å². The first kappa shape index (κ1) is 33.4. The minimum atomic E-state index is 0.233. The van der Waals surface area contributed by atoms with E-state index in [4.69, 9.17) is 57.7 Å². The number of nitrogen functional groups attached to an aromatic ring is 1. The molecule has 228 valence electrons. The minimum Gasteiger partial charge on any atom is -0.495 e. The number of methoxy groups -OCH3 is 2. The Labute approximate surface area is 256 Å². The summed E-state index contributed by atoms with van der Waals surface area (Å²) in [5.41, 5.74) is 11.9. The smallest absolute Gasteiger partial charge is 0.142 e. The number of pyridine rings is 2. The number of hydrogen-bond acceptors (Lipinski definition) is 10. The maximum absolute atomic E-state index is 9.06. The van der Waals surface area contributed by atoms with Gasteiger partial charge in [-0.05, 0) is 44.5 Å². The molecular weight excluding hydrogens is 581 g/mol. The molecule has 0 unspecified atom stereocenters. The van der Waals surface area contributed by atoms with E-state index in [0.29, 0.717) is 44.9 Å². The molecule has 3 aromatic rings. The molecule has 3 saturated heterocycles. The highest BCUT2D eigenvalue weighted by molar-refractivity contribution is 6.41. The molecule has 1 aromatic carbocycles. The molecule has 1 spiro atoms. The van der Waals surface area contributed by atoms with E-state index < -0.39 is 0 Å². The standard InChI is InChI=1S/C21H20Cl2N4O3.C5H10O.C3H4O.CH5N/c1-28-14-5-15(29-2)19(23)17(18(14)22)13-3-11-6-25-16(24)4-12(11)20(26-13)27-7-21(8-27)9-30-10-21;1-2-4-6-5-3-1;1-2-3-4;1-2/h3-6H,7-10H2,1-2H3,(H2,24,25);1-5H2;2-3H,1H2;2H2,1H3. The summed E-state index contributed by atoms with van der Waals surface area (Å²) >= 11 is 13.3. The number of aldehydes is 1. The summed E-state index contributed by atoms with van der Waals surface area (Å²) in [7, 11) is 4.59. The Morgan fingerprint density at radius 3 is 2.02 bits per heavy atom. The first-order valence-electron chi connectivity index (χ1n) is 13.6. The average Bonchev–Trinajstić information content (AvgIpc) is 2.98. The highest BCUT2D eigenvalue weighted by Crippen LogP contribution is 2.48. The Bertz CT molecular complexity index is 1310. The van der Waals surface area contributed by atoms with Gasteiger partial charge in [0.15, 0.2) is 0 Å². The summed E-state index contributed by atoms with van der Waals surface area (Å²) in [5.74, 6) is 2.19. The molecule has 0 amide bonds. The third-order valence-electron chi connectivity index (χ3n) is 6.89. The number of anilines is 2. The Hall–Kier alpha value is -3.15. The number of allylic oxidation sites excluding steroid dienone is 1. The molecule has 6 rings (SSSR count). The highest BCUT2D eigenvalue weighted by Gasteiger charge is 2.49. The molecule has 3 aliphatic heterocycles. The largest absolute Gasteiger partial charge is 0.495 e. The van der Waals surface area contributed by atoms with Crippen LogP contribution in [0.5, 0.6) is 11.5 Å². The van der Waals surface area contributed by atoms with Gasteiger partial charge in [0.2, 0.25) is 0 Å². The van der Waals surface area contributed by atoms with Gasteiger partial charge in [-0.3, -0.25) is 4.79 Å². The maximum Gasteiger partial charge on any atom is 0.142 e. The van der Waals surface area contributed by atoms with Crippen molar-refractivity contribution in [2.75, 3.05) is 71.4 Å². The van der Waals surface area contributed by atoms with Crippen LogP contribution in [0.4, 0.5) is 11.6 Å². The third kappa shape index (κ3) is 7.62. The molecule has 2 aromatic heterocycles. The number of nitrogens with two attached hydrogens (primary N) is 2. The second kappa shape index (κ2) is 15.9. The molecule has 10 nitrogen and oxygen atoms in total. The van der Waals surface area contributed by atoms with Crippen LogP contribution in [0.1, 0.15) is 19.3 Å². The number of hydrogen-bond donors (Lipinski definition) is 2. The van der Waals surface area contributed by atoms with Gasteiger partial charge in [-0.15, -0.1) is 0 Å². The van der Waals surface area contributed by atoms with Gasteiger partial charge >= 0.3 is 0 Å². The summed E-state index contributed by atoms with van der Waals surface area (Å²) in [4.78, 5) is 20.5. The SMILES string of the molecule is C1CCOCC1.C=CC=O.CN.COc1cc(OC)c(Cl)c(-c2cc3cnc(N)cc3c(N3CC4(COC4)C3)n2)c1Cl. The van der Waals surface area contributed by atoms with Gasteiger partial charge in [-0.1, -0.05) is 29.8 Å². The van der Waals surface area contributed by atoms with E-state index in [1.807, 2.05) is 12.1 Å². The van der Waals surface area contributed by atoms with Crippen molar-refractivity contribution >= 4 is 51.9 Å². The zero-order valence-corrected chi connectivity index (χ0v) is 25.8. The van der Waals surface area contributed by atoms with Crippen LogP contribution in [0, 0.1) is 5.41 Å². The number of fused-ring (bicyclic) bond motifs is 1. The average molecular weight is 621 g/mol. The summed E-state index contributed by atoms with van der Waals surface area (Å²) in [5, 5.41) is 2.57. The number of halogens is 2. The second-order valence-corrected chi connectivity index (χ2v) is 10.6. The van der Waals surface area contributed by atoms with Gasteiger partial charge in [0.1, 0.15) is 29.4 Å². The van der Waals surface area contributed by atoms with Crippen LogP contribution < -0.4 is 25.8 Å². The number of aromatic nitrogens is 2. The number of ether oxygens (including phenoxy) is 4. The van der Waals surface area contributed by atoms with Crippen molar-refractivity contribution in [2.24, 2.45) is 11.1 Å². The van der Waals surface area contributed by atoms with E-state index in [2.05, 4.69) is 22.2 Å². The van der Waals surface area contributed by atoms with E-state index in [1.54, 1.807) is 26.5 Å². The summed E-state index contributed by atoms with van der Waals surface area (Å²) in [6.07, 6.45) is 7.50. The summed E-state index contributed by atoms with van der Waals surface area (Å²) in [6, 6.07) is 5.41. The number of nitrogens with zero attached hydrogens (tertiary/aromatic N) is 3. The lowest BCUT2D eigenvalue weighted by molar-refractivity contribution is -0.127. The van der Waals surface area contributed by atoms with Gasteiger partial charge in [0.05, 0.1) is 48.6 Å². The number of rotatable bonds is 5.